The molecule has 0 aliphatic carbocycles. The molecule has 0 atom stereocenters. The Bertz CT molecular complexity index is 1580. The van der Waals surface area contributed by atoms with E-state index in [1.54, 1.807) is 0 Å². The van der Waals surface area contributed by atoms with Crippen LogP contribution in [0.15, 0.2) is 84.9 Å². The van der Waals surface area contributed by atoms with Crippen LogP contribution in [-0.2, 0) is 4.57 Å². The average molecular weight is 535 g/mol. The predicted molar refractivity (Wildman–Crippen MR) is 133 cm³/mol. The van der Waals surface area contributed by atoms with Crippen molar-refractivity contribution in [2.75, 3.05) is 0 Å². The van der Waals surface area contributed by atoms with E-state index in [2.05, 4.69) is 0 Å². The maximum atomic E-state index is 12.0. The Morgan fingerprint density at radius 1 is 0.500 bits per heavy atom. The second-order valence-corrected chi connectivity index (χ2v) is 7.98. The molecule has 0 spiro atoms. The third-order valence-corrected chi connectivity index (χ3v) is 5.53. The molecule has 4 rings (SSSR count). The maximum Gasteiger partial charge on any atom is 0.311 e. The van der Waals surface area contributed by atoms with E-state index in [-0.39, 0.29) is 39.8 Å². The fraction of sp³-hybridized carbons (Fsp3) is 0. The van der Waals surface area contributed by atoms with Gasteiger partial charge in [-0.05, 0) is 30.3 Å². The number of hydrogen-bond donors (Lipinski definition) is 0. The van der Waals surface area contributed by atoms with Gasteiger partial charge in [-0.2, -0.15) is 0 Å². The molecule has 190 valence electrons. The largest absolute Gasteiger partial charge is 0.446 e. The zero-order valence-corrected chi connectivity index (χ0v) is 19.8. The number of benzene rings is 4. The predicted octanol–water partition coefficient (Wildman–Crippen LogP) is 6.71. The summed E-state index contributed by atoms with van der Waals surface area (Å²) in [7, 11) is -0.589. The summed E-state index contributed by atoms with van der Waals surface area (Å²) >= 11 is 0. The van der Waals surface area contributed by atoms with Crippen molar-refractivity contribution in [2.45, 2.75) is 0 Å². The van der Waals surface area contributed by atoms with E-state index in [0.717, 1.165) is 0 Å². The van der Waals surface area contributed by atoms with Gasteiger partial charge in [0.25, 0.3) is 0 Å². The minimum absolute atomic E-state index is 0.0494. The minimum atomic E-state index is -0.698. The summed E-state index contributed by atoms with van der Waals surface area (Å²) in [4.78, 5) is 32.6. The lowest BCUT2D eigenvalue weighted by molar-refractivity contribution is -0.385. The van der Waals surface area contributed by atoms with Crippen molar-refractivity contribution in [1.29, 1.82) is 0 Å². The number of nitro benzene ring substituents is 3. The summed E-state index contributed by atoms with van der Waals surface area (Å²) in [6, 6.07) is 18.7. The average Bonchev–Trinajstić information content (AvgIpc) is 2.91. The Labute approximate surface area is 214 Å². The first kappa shape index (κ1) is 25.7. The van der Waals surface area contributed by atoms with Gasteiger partial charge in [0, 0.05) is 18.2 Å². The molecule has 38 heavy (non-hydrogen) atoms. The van der Waals surface area contributed by atoms with Crippen LogP contribution >= 0.6 is 8.46 Å². The van der Waals surface area contributed by atoms with Gasteiger partial charge in [-0.15, -0.1) is 0 Å². The Morgan fingerprint density at radius 3 is 1.32 bits per heavy atom. The highest BCUT2D eigenvalue weighted by atomic mass is 31.1. The first-order chi connectivity index (χ1) is 18.3. The lowest BCUT2D eigenvalue weighted by Crippen LogP contribution is -2.05. The van der Waals surface area contributed by atoms with Crippen molar-refractivity contribution in [2.24, 2.45) is 0 Å². The highest BCUT2D eigenvalue weighted by molar-refractivity contribution is 7.34. The Kier molecular flexibility index (Phi) is 7.50. The van der Waals surface area contributed by atoms with Gasteiger partial charge < -0.3 is 14.2 Å². The van der Waals surface area contributed by atoms with Gasteiger partial charge in [0.15, 0.2) is 20.0 Å². The van der Waals surface area contributed by atoms with Gasteiger partial charge in [0.1, 0.15) is 0 Å². The highest BCUT2D eigenvalue weighted by Gasteiger charge is 2.27. The van der Waals surface area contributed by atoms with Crippen LogP contribution in [-0.4, -0.2) is 14.8 Å². The molecule has 0 heterocycles. The Hall–Kier alpha value is -5.42. The molecule has 0 radical (unpaired) electrons. The summed E-state index contributed by atoms with van der Waals surface area (Å²) in [6.45, 7) is 0. The molecule has 0 unspecified atom stereocenters. The van der Waals surface area contributed by atoms with E-state index in [9.17, 15) is 34.9 Å². The molecular formula is C24H14N3O10P. The lowest BCUT2D eigenvalue weighted by atomic mass is 10.2. The monoisotopic (exact) mass is 535 g/mol. The Morgan fingerprint density at radius 2 is 0.895 bits per heavy atom. The second-order valence-electron chi connectivity index (χ2n) is 7.31. The van der Waals surface area contributed by atoms with Crippen molar-refractivity contribution in [3.63, 3.8) is 0 Å². The molecule has 4 aromatic carbocycles. The van der Waals surface area contributed by atoms with Crippen molar-refractivity contribution >= 4 is 30.8 Å². The molecular weight excluding hydrogens is 521 g/mol. The van der Waals surface area contributed by atoms with Crippen LogP contribution in [0, 0.1) is 30.3 Å². The third-order valence-electron chi connectivity index (χ3n) is 4.98. The van der Waals surface area contributed by atoms with Crippen molar-refractivity contribution in [1.82, 2.24) is 0 Å². The molecule has 0 saturated heterocycles. The molecule has 0 amide bonds. The van der Waals surface area contributed by atoms with Gasteiger partial charge in [0.2, 0.25) is 23.0 Å². The normalized spacial score (nSPS) is 10.5. The zero-order chi connectivity index (χ0) is 27.2. The van der Waals surface area contributed by atoms with E-state index in [4.69, 9.17) is 14.2 Å². The van der Waals surface area contributed by atoms with Crippen LogP contribution in [0.4, 0.5) is 17.1 Å². The summed E-state index contributed by atoms with van der Waals surface area (Å²) in [5.74, 6) is -1.62. The van der Waals surface area contributed by atoms with Gasteiger partial charge in [-0.1, -0.05) is 36.4 Å². The lowest BCUT2D eigenvalue weighted by Gasteiger charge is -2.17. The molecule has 0 N–H and O–H groups in total. The molecule has 0 bridgehead atoms. The minimum Gasteiger partial charge on any atom is -0.446 e. The van der Waals surface area contributed by atoms with E-state index in [1.807, 2.05) is 0 Å². The van der Waals surface area contributed by atoms with Crippen LogP contribution in [0.5, 0.6) is 34.5 Å². The van der Waals surface area contributed by atoms with E-state index in [0.29, 0.717) is 0 Å². The van der Waals surface area contributed by atoms with Gasteiger partial charge in [-0.25, -0.2) is 0 Å². The first-order valence-corrected chi connectivity index (χ1v) is 11.4. The molecule has 4 aromatic rings. The van der Waals surface area contributed by atoms with Crippen LogP contribution in [0.3, 0.4) is 0 Å². The number of nitrogens with zero attached hydrogens (tertiary/aromatic N) is 3. The molecule has 0 aliphatic rings. The van der Waals surface area contributed by atoms with Gasteiger partial charge in [-0.3, -0.25) is 34.9 Å². The molecule has 0 fully saturated rings. The molecule has 0 saturated carbocycles. The number of para-hydroxylation sites is 6. The molecule has 0 aromatic heterocycles. The SMILES string of the molecule is O=Pc1ccc(Oc2ccccc2[N+](=O)[O-])c(Oc2ccccc2[N+](=O)[O-])c1Oc1ccccc1[N+](=O)[O-]. The van der Waals surface area contributed by atoms with Gasteiger partial charge in [0.05, 0.1) is 20.1 Å². The van der Waals surface area contributed by atoms with E-state index < -0.39 is 40.3 Å². The molecule has 0 aliphatic heterocycles. The standard InChI is InChI=1S/C24H14N3O10P/c28-25(29)15-7-1-4-10-18(15)35-21-13-14-22(38-34)24(37-20-12-6-3-9-17(20)27(32)33)23(21)36-19-11-5-2-8-16(19)26(30)31/h1-14H. The van der Waals surface area contributed by atoms with Crippen LogP contribution in [0.25, 0.3) is 0 Å². The third kappa shape index (κ3) is 5.37. The summed E-state index contributed by atoms with van der Waals surface area (Å²) in [5.41, 5.74) is -1.26. The molecule has 14 heteroatoms. The van der Waals surface area contributed by atoms with Crippen molar-refractivity contribution in [3.8, 4) is 34.5 Å². The second kappa shape index (κ2) is 11.1. The number of hydrogen-bond acceptors (Lipinski definition) is 10. The van der Waals surface area contributed by atoms with Crippen LogP contribution in [0.2, 0.25) is 0 Å². The number of ether oxygens (including phenoxy) is 3. The Balaban J connectivity index is 1.94. The van der Waals surface area contributed by atoms with Crippen molar-refractivity contribution in [3.05, 3.63) is 115 Å². The quantitative estimate of drug-likeness (QED) is 0.121. The summed E-state index contributed by atoms with van der Waals surface area (Å²) < 4.78 is 29.4. The zero-order valence-electron chi connectivity index (χ0n) is 19.0. The maximum absolute atomic E-state index is 12.0. The first-order valence-electron chi connectivity index (χ1n) is 10.5. The van der Waals surface area contributed by atoms with Crippen LogP contribution in [0.1, 0.15) is 0 Å². The topological polar surface area (TPSA) is 174 Å². The number of rotatable bonds is 10. The smallest absolute Gasteiger partial charge is 0.311 e. The highest BCUT2D eigenvalue weighted by Crippen LogP contribution is 2.47. The van der Waals surface area contributed by atoms with E-state index in [1.165, 1.54) is 84.9 Å². The van der Waals surface area contributed by atoms with Crippen LogP contribution < -0.4 is 19.5 Å². The van der Waals surface area contributed by atoms with Gasteiger partial charge >= 0.3 is 17.1 Å². The number of nitro groups is 3. The molecule has 13 nitrogen and oxygen atoms in total. The fourth-order valence-corrected chi connectivity index (χ4v) is 3.67. The van der Waals surface area contributed by atoms with Crippen molar-refractivity contribution < 1.29 is 33.5 Å². The summed E-state index contributed by atoms with van der Waals surface area (Å²) in [6.07, 6.45) is 0. The summed E-state index contributed by atoms with van der Waals surface area (Å²) in [5, 5.41) is 34.6. The fourth-order valence-electron chi connectivity index (χ4n) is 3.30. The van der Waals surface area contributed by atoms with E-state index >= 15 is 0 Å².